The summed E-state index contributed by atoms with van der Waals surface area (Å²) in [6.45, 7) is 7.86. The largest absolute Gasteiger partial charge is 0.380 e. The monoisotopic (exact) mass is 304 g/mol. The maximum absolute atomic E-state index is 6.07. The van der Waals surface area contributed by atoms with Crippen LogP contribution in [0.4, 0.5) is 0 Å². The molecule has 0 spiro atoms. The van der Waals surface area contributed by atoms with Crippen LogP contribution in [-0.4, -0.2) is 37.7 Å². The van der Waals surface area contributed by atoms with Gasteiger partial charge in [-0.3, -0.25) is 4.90 Å². The van der Waals surface area contributed by atoms with Crippen LogP contribution in [-0.2, 0) is 4.74 Å². The summed E-state index contributed by atoms with van der Waals surface area (Å²) in [4.78, 5) is 2.29. The van der Waals surface area contributed by atoms with E-state index in [1.54, 1.807) is 0 Å². The molecular weight excluding hydrogens is 283 g/mol. The molecule has 0 aliphatic carbocycles. The van der Waals surface area contributed by atoms with E-state index in [9.17, 15) is 0 Å². The van der Waals surface area contributed by atoms with Crippen LogP contribution in [0, 0.1) is 0 Å². The molecule has 1 aromatic carbocycles. The highest BCUT2D eigenvalue weighted by Crippen LogP contribution is 2.27. The second-order valence-electron chi connectivity index (χ2n) is 4.25. The molecule has 0 amide bonds. The van der Waals surface area contributed by atoms with Gasteiger partial charge >= 0.3 is 0 Å². The van der Waals surface area contributed by atoms with Gasteiger partial charge in [0, 0.05) is 25.7 Å². The Labute approximate surface area is 125 Å². The fourth-order valence-corrected chi connectivity index (χ4v) is 2.38. The van der Waals surface area contributed by atoms with Gasteiger partial charge in [-0.2, -0.15) is 0 Å². The predicted molar refractivity (Wildman–Crippen MR) is 82.0 cm³/mol. The van der Waals surface area contributed by atoms with Crippen LogP contribution in [0.2, 0.25) is 10.0 Å². The van der Waals surface area contributed by atoms with Crippen molar-refractivity contribution in [2.24, 2.45) is 5.73 Å². The summed E-state index contributed by atoms with van der Waals surface area (Å²) in [5.41, 5.74) is 7.01. The zero-order valence-electron chi connectivity index (χ0n) is 11.5. The SMILES string of the molecule is CCOCCN(CC)C(CN)c1ccc(Cl)c(Cl)c1. The molecular formula is C14H22Cl2N2O. The van der Waals surface area contributed by atoms with Crippen LogP contribution in [0.15, 0.2) is 18.2 Å². The Bertz CT molecular complexity index is 388. The third-order valence-corrected chi connectivity index (χ3v) is 3.86. The van der Waals surface area contributed by atoms with Crippen LogP contribution in [0.5, 0.6) is 0 Å². The molecule has 1 aromatic rings. The third-order valence-electron chi connectivity index (χ3n) is 3.13. The lowest BCUT2D eigenvalue weighted by molar-refractivity contribution is 0.0980. The Balaban J connectivity index is 2.80. The molecule has 1 rings (SSSR count). The molecule has 0 heterocycles. The fourth-order valence-electron chi connectivity index (χ4n) is 2.08. The number of likely N-dealkylation sites (N-methyl/N-ethyl adjacent to an activating group) is 1. The number of hydrogen-bond donors (Lipinski definition) is 1. The summed E-state index contributed by atoms with van der Waals surface area (Å²) in [5.74, 6) is 0. The van der Waals surface area contributed by atoms with Gasteiger partial charge in [0.1, 0.15) is 0 Å². The smallest absolute Gasteiger partial charge is 0.0595 e. The second kappa shape index (κ2) is 8.77. The maximum atomic E-state index is 6.07. The molecule has 0 aromatic heterocycles. The number of halogens is 2. The molecule has 0 fully saturated rings. The molecule has 0 aliphatic rings. The van der Waals surface area contributed by atoms with E-state index >= 15 is 0 Å². The summed E-state index contributed by atoms with van der Waals surface area (Å²) in [5, 5.41) is 1.14. The van der Waals surface area contributed by atoms with Crippen LogP contribution in [0.25, 0.3) is 0 Å². The van der Waals surface area contributed by atoms with E-state index in [1.807, 2.05) is 25.1 Å². The molecule has 0 bridgehead atoms. The molecule has 5 heteroatoms. The van der Waals surface area contributed by atoms with E-state index in [-0.39, 0.29) is 6.04 Å². The first-order chi connectivity index (χ1) is 9.13. The van der Waals surface area contributed by atoms with Gasteiger partial charge in [0.15, 0.2) is 0 Å². The Morgan fingerprint density at radius 2 is 2.00 bits per heavy atom. The molecule has 0 saturated heterocycles. The zero-order valence-corrected chi connectivity index (χ0v) is 13.0. The number of nitrogens with zero attached hydrogens (tertiary/aromatic N) is 1. The molecule has 1 atom stereocenters. The van der Waals surface area contributed by atoms with Gasteiger partial charge in [0.25, 0.3) is 0 Å². The molecule has 0 aliphatic heterocycles. The van der Waals surface area contributed by atoms with Crippen molar-refractivity contribution in [2.75, 3.05) is 32.8 Å². The van der Waals surface area contributed by atoms with Crippen LogP contribution in [0.1, 0.15) is 25.5 Å². The van der Waals surface area contributed by atoms with E-state index in [0.29, 0.717) is 23.2 Å². The zero-order chi connectivity index (χ0) is 14.3. The summed E-state index contributed by atoms with van der Waals surface area (Å²) in [7, 11) is 0. The van der Waals surface area contributed by atoms with Crippen molar-refractivity contribution in [1.82, 2.24) is 4.90 Å². The highest BCUT2D eigenvalue weighted by molar-refractivity contribution is 6.42. The quantitative estimate of drug-likeness (QED) is 0.749. The highest BCUT2D eigenvalue weighted by atomic mass is 35.5. The molecule has 1 unspecified atom stereocenters. The van der Waals surface area contributed by atoms with Crippen LogP contribution >= 0.6 is 23.2 Å². The van der Waals surface area contributed by atoms with Crippen molar-refractivity contribution in [2.45, 2.75) is 19.9 Å². The lowest BCUT2D eigenvalue weighted by Gasteiger charge is -2.30. The minimum atomic E-state index is 0.139. The minimum Gasteiger partial charge on any atom is -0.380 e. The van der Waals surface area contributed by atoms with Crippen molar-refractivity contribution in [3.05, 3.63) is 33.8 Å². The first-order valence-electron chi connectivity index (χ1n) is 6.60. The van der Waals surface area contributed by atoms with Gasteiger partial charge in [-0.1, -0.05) is 36.2 Å². The molecule has 2 N–H and O–H groups in total. The van der Waals surface area contributed by atoms with E-state index in [4.69, 9.17) is 33.7 Å². The van der Waals surface area contributed by atoms with Gasteiger partial charge in [0.2, 0.25) is 0 Å². The molecule has 19 heavy (non-hydrogen) atoms. The average molecular weight is 305 g/mol. The standard InChI is InChI=1S/C14H22Cl2N2O/c1-3-18(7-8-19-4-2)14(10-17)11-5-6-12(15)13(16)9-11/h5-6,9,14H,3-4,7-8,10,17H2,1-2H3. The summed E-state index contributed by atoms with van der Waals surface area (Å²) in [6.07, 6.45) is 0. The van der Waals surface area contributed by atoms with Gasteiger partial charge in [-0.25, -0.2) is 0 Å². The highest BCUT2D eigenvalue weighted by Gasteiger charge is 2.18. The minimum absolute atomic E-state index is 0.139. The second-order valence-corrected chi connectivity index (χ2v) is 5.06. The number of hydrogen-bond acceptors (Lipinski definition) is 3. The van der Waals surface area contributed by atoms with Crippen molar-refractivity contribution in [1.29, 1.82) is 0 Å². The Morgan fingerprint density at radius 3 is 2.53 bits per heavy atom. The third kappa shape index (κ3) is 4.93. The predicted octanol–water partition coefficient (Wildman–Crippen LogP) is 3.35. The van der Waals surface area contributed by atoms with Gasteiger partial charge < -0.3 is 10.5 Å². The average Bonchev–Trinajstić information content (AvgIpc) is 2.41. The summed E-state index contributed by atoms with van der Waals surface area (Å²) < 4.78 is 5.41. The summed E-state index contributed by atoms with van der Waals surface area (Å²) in [6, 6.07) is 5.83. The van der Waals surface area contributed by atoms with Crippen LogP contribution < -0.4 is 5.73 Å². The molecule has 0 saturated carbocycles. The fraction of sp³-hybridized carbons (Fsp3) is 0.571. The van der Waals surface area contributed by atoms with Crippen molar-refractivity contribution in [3.63, 3.8) is 0 Å². The Morgan fingerprint density at radius 1 is 1.26 bits per heavy atom. The number of nitrogens with two attached hydrogens (primary N) is 1. The number of rotatable bonds is 8. The van der Waals surface area contributed by atoms with Gasteiger partial charge in [0.05, 0.1) is 16.7 Å². The Kier molecular flexibility index (Phi) is 7.73. The molecule has 0 radical (unpaired) electrons. The molecule has 108 valence electrons. The number of benzene rings is 1. The van der Waals surface area contributed by atoms with Crippen molar-refractivity contribution in [3.8, 4) is 0 Å². The Hall–Kier alpha value is -0.320. The van der Waals surface area contributed by atoms with E-state index < -0.39 is 0 Å². The maximum Gasteiger partial charge on any atom is 0.0595 e. The van der Waals surface area contributed by atoms with Crippen LogP contribution in [0.3, 0.4) is 0 Å². The van der Waals surface area contributed by atoms with E-state index in [2.05, 4.69) is 11.8 Å². The normalized spacial score (nSPS) is 12.9. The topological polar surface area (TPSA) is 38.5 Å². The first kappa shape index (κ1) is 16.7. The number of ether oxygens (including phenoxy) is 1. The lowest BCUT2D eigenvalue weighted by Crippen LogP contribution is -2.36. The van der Waals surface area contributed by atoms with Gasteiger partial charge in [-0.05, 0) is 31.2 Å². The van der Waals surface area contributed by atoms with Crippen molar-refractivity contribution < 1.29 is 4.74 Å². The lowest BCUT2D eigenvalue weighted by atomic mass is 10.1. The van der Waals surface area contributed by atoms with E-state index in [1.165, 1.54) is 0 Å². The van der Waals surface area contributed by atoms with E-state index in [0.717, 1.165) is 25.3 Å². The molecule has 3 nitrogen and oxygen atoms in total. The summed E-state index contributed by atoms with van der Waals surface area (Å²) >= 11 is 12.0. The van der Waals surface area contributed by atoms with Gasteiger partial charge in [-0.15, -0.1) is 0 Å². The first-order valence-corrected chi connectivity index (χ1v) is 7.36. The van der Waals surface area contributed by atoms with Crippen molar-refractivity contribution >= 4 is 23.2 Å².